The van der Waals surface area contributed by atoms with Crippen molar-refractivity contribution in [3.8, 4) is 0 Å². The minimum Gasteiger partial charge on any atom is -0.503 e. The van der Waals surface area contributed by atoms with Gasteiger partial charge in [-0.05, 0) is 23.8 Å². The zero-order chi connectivity index (χ0) is 19.0. The van der Waals surface area contributed by atoms with Crippen LogP contribution in [0, 0.1) is 17.6 Å². The highest BCUT2D eigenvalue weighted by atomic mass is 19.1. The molecule has 1 atom stereocenters. The predicted octanol–water partition coefficient (Wildman–Crippen LogP) is 3.48. The number of aliphatic hydroxyl groups is 1. The van der Waals surface area contributed by atoms with Crippen molar-refractivity contribution >= 4 is 17.4 Å². The van der Waals surface area contributed by atoms with E-state index in [1.54, 1.807) is 26.0 Å². The van der Waals surface area contributed by atoms with Crippen LogP contribution in [0.25, 0.3) is 0 Å². The monoisotopic (exact) mass is 358 g/mol. The van der Waals surface area contributed by atoms with Crippen molar-refractivity contribution in [3.05, 3.63) is 71.3 Å². The first-order valence-electron chi connectivity index (χ1n) is 7.98. The Balaban J connectivity index is 2.23. The van der Waals surface area contributed by atoms with E-state index in [1.807, 2.05) is 0 Å². The first kappa shape index (κ1) is 17.7. The number of carbonyl (C=O) groups is 2. The number of amides is 1. The van der Waals surface area contributed by atoms with Gasteiger partial charge in [0.05, 0.1) is 17.3 Å². The number of pyridine rings is 1. The van der Waals surface area contributed by atoms with Gasteiger partial charge in [0.25, 0.3) is 5.91 Å². The minimum absolute atomic E-state index is 0.151. The number of ketones is 1. The van der Waals surface area contributed by atoms with Crippen molar-refractivity contribution in [2.45, 2.75) is 19.9 Å². The SMILES string of the molecule is CC(C)C(=O)C1=C(O)C(=O)N(c2cc(F)ccc2F)C1c1cccnc1. The second-order valence-corrected chi connectivity index (χ2v) is 6.24. The summed E-state index contributed by atoms with van der Waals surface area (Å²) in [6, 6.07) is 4.76. The second-order valence-electron chi connectivity index (χ2n) is 6.24. The molecule has 0 radical (unpaired) electrons. The summed E-state index contributed by atoms with van der Waals surface area (Å²) >= 11 is 0. The van der Waals surface area contributed by atoms with E-state index in [1.165, 1.54) is 12.4 Å². The fourth-order valence-corrected chi connectivity index (χ4v) is 2.94. The number of halogens is 2. The first-order valence-corrected chi connectivity index (χ1v) is 7.98. The Morgan fingerprint density at radius 2 is 2.00 bits per heavy atom. The molecule has 5 nitrogen and oxygen atoms in total. The summed E-state index contributed by atoms with van der Waals surface area (Å²) in [5.41, 5.74) is -0.110. The molecular weight excluding hydrogens is 342 g/mol. The highest BCUT2D eigenvalue weighted by Gasteiger charge is 2.45. The van der Waals surface area contributed by atoms with Gasteiger partial charge in [-0.15, -0.1) is 0 Å². The third-order valence-electron chi connectivity index (χ3n) is 4.17. The van der Waals surface area contributed by atoms with E-state index in [-0.39, 0.29) is 11.3 Å². The Morgan fingerprint density at radius 3 is 2.62 bits per heavy atom. The molecule has 1 amide bonds. The number of hydrogen-bond acceptors (Lipinski definition) is 4. The zero-order valence-electron chi connectivity index (χ0n) is 14.1. The molecular formula is C19H16F2N2O3. The van der Waals surface area contributed by atoms with Gasteiger partial charge in [-0.2, -0.15) is 0 Å². The quantitative estimate of drug-likeness (QED) is 0.908. The Morgan fingerprint density at radius 1 is 1.27 bits per heavy atom. The second kappa shape index (κ2) is 6.67. The summed E-state index contributed by atoms with van der Waals surface area (Å²) in [5.74, 6) is -4.28. The molecule has 1 aromatic heterocycles. The van der Waals surface area contributed by atoms with Gasteiger partial charge in [-0.3, -0.25) is 19.5 Å². The lowest BCUT2D eigenvalue weighted by atomic mass is 9.92. The zero-order valence-corrected chi connectivity index (χ0v) is 14.1. The number of carbonyl (C=O) groups excluding carboxylic acids is 2. The molecule has 0 fully saturated rings. The van der Waals surface area contributed by atoms with Crippen LogP contribution in [-0.4, -0.2) is 21.8 Å². The predicted molar refractivity (Wildman–Crippen MR) is 90.3 cm³/mol. The Bertz CT molecular complexity index is 910. The number of nitrogens with zero attached hydrogens (tertiary/aromatic N) is 2. The number of rotatable bonds is 4. The van der Waals surface area contributed by atoms with Crippen molar-refractivity contribution in [1.82, 2.24) is 4.98 Å². The fourth-order valence-electron chi connectivity index (χ4n) is 2.94. The minimum atomic E-state index is -1.10. The molecule has 0 saturated carbocycles. The molecule has 3 rings (SSSR count). The van der Waals surface area contributed by atoms with Crippen LogP contribution in [0.3, 0.4) is 0 Å². The van der Waals surface area contributed by atoms with E-state index in [2.05, 4.69) is 4.98 Å². The molecule has 134 valence electrons. The lowest BCUT2D eigenvalue weighted by molar-refractivity contribution is -0.119. The van der Waals surface area contributed by atoms with Gasteiger partial charge in [-0.25, -0.2) is 8.78 Å². The summed E-state index contributed by atoms with van der Waals surface area (Å²) < 4.78 is 28.0. The van der Waals surface area contributed by atoms with Gasteiger partial charge < -0.3 is 5.11 Å². The fraction of sp³-hybridized carbons (Fsp3) is 0.211. The molecule has 1 aliphatic heterocycles. The van der Waals surface area contributed by atoms with Crippen molar-refractivity contribution in [2.24, 2.45) is 5.92 Å². The molecule has 1 aliphatic rings. The average Bonchev–Trinajstić information content (AvgIpc) is 2.88. The molecule has 26 heavy (non-hydrogen) atoms. The van der Waals surface area contributed by atoms with Gasteiger partial charge in [0.15, 0.2) is 11.5 Å². The lowest BCUT2D eigenvalue weighted by Crippen LogP contribution is -2.32. The molecule has 2 heterocycles. The van der Waals surface area contributed by atoms with E-state index in [0.29, 0.717) is 5.56 Å². The lowest BCUT2D eigenvalue weighted by Gasteiger charge is -2.27. The molecule has 0 aliphatic carbocycles. The van der Waals surface area contributed by atoms with E-state index < -0.39 is 41.0 Å². The summed E-state index contributed by atoms with van der Waals surface area (Å²) in [7, 11) is 0. The molecule has 1 N–H and O–H groups in total. The largest absolute Gasteiger partial charge is 0.503 e. The highest BCUT2D eigenvalue weighted by molar-refractivity contribution is 6.16. The van der Waals surface area contributed by atoms with Crippen molar-refractivity contribution in [2.75, 3.05) is 4.90 Å². The van der Waals surface area contributed by atoms with Crippen LogP contribution < -0.4 is 4.90 Å². The first-order chi connectivity index (χ1) is 12.3. The van der Waals surface area contributed by atoms with E-state index in [0.717, 1.165) is 23.1 Å². The molecule has 7 heteroatoms. The van der Waals surface area contributed by atoms with E-state index in [4.69, 9.17) is 0 Å². The van der Waals surface area contributed by atoms with Crippen LogP contribution in [0.1, 0.15) is 25.5 Å². The van der Waals surface area contributed by atoms with Crippen LogP contribution in [-0.2, 0) is 9.59 Å². The maximum Gasteiger partial charge on any atom is 0.294 e. The van der Waals surface area contributed by atoms with Crippen LogP contribution in [0.2, 0.25) is 0 Å². The number of aliphatic hydroxyl groups excluding tert-OH is 1. The van der Waals surface area contributed by atoms with Crippen molar-refractivity contribution in [1.29, 1.82) is 0 Å². The van der Waals surface area contributed by atoms with Gasteiger partial charge in [0.1, 0.15) is 11.6 Å². The molecule has 0 bridgehead atoms. The standard InChI is InChI=1S/C19H16F2N2O3/c1-10(2)17(24)15-16(11-4-3-7-22-9-11)23(19(26)18(15)25)14-8-12(20)5-6-13(14)21/h3-10,16,25H,1-2H3. The molecule has 0 spiro atoms. The molecule has 1 unspecified atom stereocenters. The van der Waals surface area contributed by atoms with Crippen molar-refractivity contribution in [3.63, 3.8) is 0 Å². The van der Waals surface area contributed by atoms with Gasteiger partial charge >= 0.3 is 0 Å². The third-order valence-corrected chi connectivity index (χ3v) is 4.17. The number of Topliss-reactive ketones (excluding diaryl/α,β-unsaturated/α-hetero) is 1. The summed E-state index contributed by atoms with van der Waals surface area (Å²) in [6.07, 6.45) is 2.91. The number of hydrogen-bond donors (Lipinski definition) is 1. The summed E-state index contributed by atoms with van der Waals surface area (Å²) in [4.78, 5) is 30.1. The van der Waals surface area contributed by atoms with Crippen LogP contribution in [0.5, 0.6) is 0 Å². The normalized spacial score (nSPS) is 17.3. The van der Waals surface area contributed by atoms with Gasteiger partial charge in [0.2, 0.25) is 0 Å². The summed E-state index contributed by atoms with van der Waals surface area (Å²) in [6.45, 7) is 3.25. The van der Waals surface area contributed by atoms with E-state index >= 15 is 0 Å². The smallest absolute Gasteiger partial charge is 0.294 e. The van der Waals surface area contributed by atoms with Gasteiger partial charge in [-0.1, -0.05) is 19.9 Å². The molecule has 1 aromatic carbocycles. The number of benzene rings is 1. The Labute approximate surface area is 148 Å². The van der Waals surface area contributed by atoms with Crippen molar-refractivity contribution < 1.29 is 23.5 Å². The van der Waals surface area contributed by atoms with E-state index in [9.17, 15) is 23.5 Å². The topological polar surface area (TPSA) is 70.5 Å². The average molecular weight is 358 g/mol. The maximum atomic E-state index is 14.3. The Hall–Kier alpha value is -3.09. The maximum absolute atomic E-state index is 14.3. The third kappa shape index (κ3) is 2.85. The molecule has 0 saturated heterocycles. The van der Waals surface area contributed by atoms with Crippen LogP contribution in [0.15, 0.2) is 54.1 Å². The highest BCUT2D eigenvalue weighted by Crippen LogP contribution is 2.42. The number of anilines is 1. The van der Waals surface area contributed by atoms with Gasteiger partial charge in [0, 0.05) is 24.4 Å². The van der Waals surface area contributed by atoms with Crippen LogP contribution >= 0.6 is 0 Å². The summed E-state index contributed by atoms with van der Waals surface area (Å²) in [5, 5.41) is 10.3. The molecule has 2 aromatic rings. The van der Waals surface area contributed by atoms with Crippen LogP contribution in [0.4, 0.5) is 14.5 Å². The Kier molecular flexibility index (Phi) is 4.54. The number of aromatic nitrogens is 1.